The monoisotopic (exact) mass is 436 g/mol. The second-order valence-electron chi connectivity index (χ2n) is 11.5. The molecule has 4 saturated carbocycles. The largest absolute Gasteiger partial charge is 0.393 e. The second-order valence-corrected chi connectivity index (χ2v) is 12.1. The minimum absolute atomic E-state index is 0.0533. The van der Waals surface area contributed by atoms with Crippen LogP contribution in [0.2, 0.25) is 0 Å². The molecule has 0 radical (unpaired) electrons. The average molecular weight is 437 g/mol. The molecule has 0 bridgehead atoms. The Morgan fingerprint density at radius 3 is 2.50 bits per heavy atom. The van der Waals surface area contributed by atoms with Gasteiger partial charge in [-0.1, -0.05) is 39.1 Å². The Labute approximate surface area is 188 Å². The molecule has 5 heteroatoms. The highest BCUT2D eigenvalue weighted by Gasteiger charge is 2.61. The van der Waals surface area contributed by atoms with Gasteiger partial charge in [-0.3, -0.25) is 4.72 Å². The molecule has 0 aromatic carbocycles. The van der Waals surface area contributed by atoms with Crippen molar-refractivity contribution in [2.75, 3.05) is 12.8 Å². The van der Waals surface area contributed by atoms with Gasteiger partial charge in [0, 0.05) is 12.8 Å². The number of nitrogens with one attached hydrogen (secondary N) is 2. The fraction of sp³-hybridized carbons (Fsp3) is 0.960. The van der Waals surface area contributed by atoms with E-state index in [2.05, 4.69) is 30.8 Å². The van der Waals surface area contributed by atoms with E-state index in [-0.39, 0.29) is 12.1 Å². The molecule has 3 N–H and O–H groups in total. The van der Waals surface area contributed by atoms with E-state index in [9.17, 15) is 9.90 Å². The summed E-state index contributed by atoms with van der Waals surface area (Å²) in [6.45, 7) is 8.37. The fourth-order valence-electron chi connectivity index (χ4n) is 9.01. The van der Waals surface area contributed by atoms with Crippen LogP contribution in [0.5, 0.6) is 0 Å². The zero-order chi connectivity index (χ0) is 21.5. The zero-order valence-electron chi connectivity index (χ0n) is 19.6. The van der Waals surface area contributed by atoms with Crippen molar-refractivity contribution in [3.05, 3.63) is 0 Å². The molecule has 4 rings (SSSR count). The third kappa shape index (κ3) is 3.80. The summed E-state index contributed by atoms with van der Waals surface area (Å²) < 4.78 is 2.77. The van der Waals surface area contributed by atoms with E-state index in [1.807, 2.05) is 6.26 Å². The van der Waals surface area contributed by atoms with Crippen molar-refractivity contribution in [2.45, 2.75) is 91.1 Å². The van der Waals surface area contributed by atoms with E-state index in [4.69, 9.17) is 0 Å². The molecular weight excluding hydrogens is 392 g/mol. The van der Waals surface area contributed by atoms with Crippen LogP contribution in [0.25, 0.3) is 0 Å². The Bertz CT molecular complexity index is 630. The van der Waals surface area contributed by atoms with Gasteiger partial charge < -0.3 is 10.4 Å². The van der Waals surface area contributed by atoms with Crippen molar-refractivity contribution in [1.82, 2.24) is 10.0 Å². The molecule has 9 atom stereocenters. The second kappa shape index (κ2) is 8.84. The Balaban J connectivity index is 1.47. The summed E-state index contributed by atoms with van der Waals surface area (Å²) in [5, 5.41) is 13.5. The molecule has 4 fully saturated rings. The topological polar surface area (TPSA) is 61.4 Å². The average Bonchev–Trinajstić information content (AvgIpc) is 3.05. The summed E-state index contributed by atoms with van der Waals surface area (Å²) in [5.41, 5.74) is 0.897. The molecule has 30 heavy (non-hydrogen) atoms. The molecule has 0 aliphatic heterocycles. The Kier molecular flexibility index (Phi) is 6.71. The number of rotatable bonds is 5. The van der Waals surface area contributed by atoms with E-state index in [1.165, 1.54) is 56.9 Å². The van der Waals surface area contributed by atoms with Crippen molar-refractivity contribution in [1.29, 1.82) is 0 Å². The lowest BCUT2D eigenvalue weighted by molar-refractivity contribution is -0.150. The number of hydrogen-bond donors (Lipinski definition) is 3. The van der Waals surface area contributed by atoms with Crippen LogP contribution in [-0.4, -0.2) is 30.0 Å². The van der Waals surface area contributed by atoms with Crippen LogP contribution in [0.3, 0.4) is 0 Å². The molecule has 4 aliphatic rings. The molecule has 0 aromatic rings. The van der Waals surface area contributed by atoms with E-state index >= 15 is 0 Å². The third-order valence-corrected chi connectivity index (χ3v) is 10.9. The van der Waals surface area contributed by atoms with Gasteiger partial charge in [-0.15, -0.1) is 0 Å². The van der Waals surface area contributed by atoms with Crippen molar-refractivity contribution < 1.29 is 9.90 Å². The molecule has 4 aliphatic carbocycles. The van der Waals surface area contributed by atoms with Gasteiger partial charge in [-0.2, -0.15) is 0 Å². The maximum absolute atomic E-state index is 11.8. The van der Waals surface area contributed by atoms with Gasteiger partial charge in [-0.05, 0) is 104 Å². The molecule has 6 unspecified atom stereocenters. The van der Waals surface area contributed by atoms with Crippen LogP contribution in [0.15, 0.2) is 0 Å². The number of carbonyl (C=O) groups excluding carboxylic acids is 1. The fourth-order valence-corrected chi connectivity index (χ4v) is 9.26. The first kappa shape index (κ1) is 22.8. The van der Waals surface area contributed by atoms with E-state index in [1.54, 1.807) is 0 Å². The van der Waals surface area contributed by atoms with Crippen LogP contribution in [0.4, 0.5) is 4.79 Å². The SMILES string of the molecule is CC[C@H]1CC2C3CCC(CCNC(=O)NSC)C3(C)CC[C@@H]2C2(C)CC[C@@H](O)CC12. The number of amides is 2. The summed E-state index contributed by atoms with van der Waals surface area (Å²) in [4.78, 5) is 11.8. The van der Waals surface area contributed by atoms with Crippen LogP contribution >= 0.6 is 11.9 Å². The molecule has 172 valence electrons. The van der Waals surface area contributed by atoms with E-state index in [0.717, 1.165) is 61.3 Å². The zero-order valence-corrected chi connectivity index (χ0v) is 20.4. The summed E-state index contributed by atoms with van der Waals surface area (Å²) in [6, 6.07) is -0.0533. The van der Waals surface area contributed by atoms with Gasteiger partial charge in [0.15, 0.2) is 0 Å². The van der Waals surface area contributed by atoms with Gasteiger partial charge in [0.05, 0.1) is 6.10 Å². The third-order valence-electron chi connectivity index (χ3n) is 10.5. The van der Waals surface area contributed by atoms with E-state index < -0.39 is 0 Å². The van der Waals surface area contributed by atoms with Gasteiger partial charge in [0.25, 0.3) is 0 Å². The van der Waals surface area contributed by atoms with Crippen molar-refractivity contribution >= 4 is 18.0 Å². The van der Waals surface area contributed by atoms with Crippen LogP contribution in [0, 0.1) is 46.3 Å². The molecule has 0 heterocycles. The van der Waals surface area contributed by atoms with Crippen LogP contribution < -0.4 is 10.0 Å². The highest BCUT2D eigenvalue weighted by molar-refractivity contribution is 7.97. The summed E-state index contributed by atoms with van der Waals surface area (Å²) >= 11 is 1.36. The van der Waals surface area contributed by atoms with Crippen LogP contribution in [-0.2, 0) is 0 Å². The quantitative estimate of drug-likeness (QED) is 0.491. The number of aliphatic hydroxyl groups is 1. The molecule has 2 amide bonds. The number of urea groups is 1. The first-order valence-corrected chi connectivity index (χ1v) is 13.8. The highest BCUT2D eigenvalue weighted by atomic mass is 32.2. The number of fused-ring (bicyclic) bond motifs is 5. The standard InChI is InChI=1S/C25H44N2O2S/c1-5-16-14-19-20-7-6-17(10-13-26-23(29)27-30-4)24(20,2)12-9-21(19)25(3)11-8-18(28)15-22(16)25/h16-22,28H,5-15H2,1-4H3,(H2,26,27,29)/t16-,17?,18+,19?,20?,21-,22?,24?,25?/m0/s1. The highest BCUT2D eigenvalue weighted by Crippen LogP contribution is 2.69. The van der Waals surface area contributed by atoms with Gasteiger partial charge in [0.2, 0.25) is 0 Å². The lowest BCUT2D eigenvalue weighted by Crippen LogP contribution is -2.56. The minimum Gasteiger partial charge on any atom is -0.393 e. The number of carbonyl (C=O) groups is 1. The Hall–Kier alpha value is -0.420. The van der Waals surface area contributed by atoms with Crippen molar-refractivity contribution in [3.8, 4) is 0 Å². The maximum Gasteiger partial charge on any atom is 0.324 e. The normalized spacial score (nSPS) is 47.7. The van der Waals surface area contributed by atoms with Crippen molar-refractivity contribution in [2.24, 2.45) is 46.3 Å². The van der Waals surface area contributed by atoms with Gasteiger partial charge in [-0.25, -0.2) is 4.79 Å². The van der Waals surface area contributed by atoms with Crippen LogP contribution in [0.1, 0.15) is 85.0 Å². The number of aliphatic hydroxyl groups excluding tert-OH is 1. The number of hydrogen-bond acceptors (Lipinski definition) is 3. The lowest BCUT2D eigenvalue weighted by Gasteiger charge is -2.63. The molecule has 4 nitrogen and oxygen atoms in total. The molecule has 0 aromatic heterocycles. The Morgan fingerprint density at radius 1 is 1.03 bits per heavy atom. The minimum atomic E-state index is -0.0609. The Morgan fingerprint density at radius 2 is 1.77 bits per heavy atom. The first-order valence-electron chi connectivity index (χ1n) is 12.6. The molecule has 0 spiro atoms. The van der Waals surface area contributed by atoms with Crippen molar-refractivity contribution in [3.63, 3.8) is 0 Å². The predicted molar refractivity (Wildman–Crippen MR) is 125 cm³/mol. The maximum atomic E-state index is 11.8. The van der Waals surface area contributed by atoms with E-state index in [0.29, 0.717) is 10.8 Å². The smallest absolute Gasteiger partial charge is 0.324 e. The summed E-state index contributed by atoms with van der Waals surface area (Å²) in [6.07, 6.45) is 14.4. The van der Waals surface area contributed by atoms with Gasteiger partial charge in [0.1, 0.15) is 0 Å². The molecule has 0 saturated heterocycles. The molecular formula is C25H44N2O2S. The van der Waals surface area contributed by atoms with Gasteiger partial charge >= 0.3 is 6.03 Å². The first-order chi connectivity index (χ1) is 14.3. The predicted octanol–water partition coefficient (Wildman–Crippen LogP) is 5.61. The summed E-state index contributed by atoms with van der Waals surface area (Å²) in [7, 11) is 0. The summed E-state index contributed by atoms with van der Waals surface area (Å²) in [5.74, 6) is 4.87. The lowest BCUT2D eigenvalue weighted by atomic mass is 9.42.